The first-order valence-corrected chi connectivity index (χ1v) is 9.57. The van der Waals surface area contributed by atoms with E-state index in [1.807, 2.05) is 0 Å². The van der Waals surface area contributed by atoms with Gasteiger partial charge in [-0.05, 0) is 18.4 Å². The molecular formula is C16H21N5O3S. The van der Waals surface area contributed by atoms with E-state index in [1.165, 1.54) is 25.4 Å². The molecule has 0 aromatic carbocycles. The molecule has 1 amide bonds. The van der Waals surface area contributed by atoms with Crippen molar-refractivity contribution in [3.8, 4) is 0 Å². The molecule has 2 aromatic heterocycles. The minimum absolute atomic E-state index is 0.00365. The number of carbonyl (C=O) groups is 1. The third-order valence-corrected chi connectivity index (χ3v) is 5.01. The first kappa shape index (κ1) is 17.7. The van der Waals surface area contributed by atoms with Crippen molar-refractivity contribution in [3.05, 3.63) is 36.5 Å². The number of rotatable bonds is 7. The summed E-state index contributed by atoms with van der Waals surface area (Å²) in [5, 5.41) is 7.06. The Balaban J connectivity index is 1.77. The standard InChI is InChI=1S/C16H21N5O3S/c22-16(20-15-5-6-17-11-18-15)14(7-12-3-1-2-4-12)21-9-13(8-19-21)10-25(23)24/h5-6,8-9,11-12,14H,1-4,7,10H2,(H,23,24)(H,17,18,20,22)/t14-/m0/s1. The zero-order valence-corrected chi connectivity index (χ0v) is 14.6. The fourth-order valence-electron chi connectivity index (χ4n) is 3.24. The maximum atomic E-state index is 12.8. The van der Waals surface area contributed by atoms with Crippen LogP contribution in [-0.2, 0) is 21.6 Å². The molecule has 0 bridgehead atoms. The molecule has 0 spiro atoms. The Kier molecular flexibility index (Phi) is 5.87. The fourth-order valence-corrected chi connectivity index (χ4v) is 3.67. The highest BCUT2D eigenvalue weighted by Crippen LogP contribution is 2.32. The molecule has 1 aliphatic rings. The lowest BCUT2D eigenvalue weighted by Gasteiger charge is -2.20. The van der Waals surface area contributed by atoms with Crippen LogP contribution in [0.25, 0.3) is 0 Å². The topological polar surface area (TPSA) is 110 Å². The normalized spacial score (nSPS) is 17.3. The monoisotopic (exact) mass is 363 g/mol. The molecule has 2 aromatic rings. The van der Waals surface area contributed by atoms with E-state index in [9.17, 15) is 9.00 Å². The molecule has 1 aliphatic carbocycles. The number of amides is 1. The van der Waals surface area contributed by atoms with E-state index in [0.29, 0.717) is 23.7 Å². The van der Waals surface area contributed by atoms with Crippen molar-refractivity contribution in [2.24, 2.45) is 5.92 Å². The summed E-state index contributed by atoms with van der Waals surface area (Å²) in [5.41, 5.74) is 0.632. The molecule has 2 heterocycles. The lowest BCUT2D eigenvalue weighted by Crippen LogP contribution is -2.28. The van der Waals surface area contributed by atoms with Crippen molar-refractivity contribution in [1.29, 1.82) is 0 Å². The number of aromatic nitrogens is 4. The van der Waals surface area contributed by atoms with Gasteiger partial charge in [0.15, 0.2) is 11.1 Å². The van der Waals surface area contributed by atoms with Gasteiger partial charge in [-0.1, -0.05) is 25.7 Å². The van der Waals surface area contributed by atoms with E-state index < -0.39 is 17.1 Å². The zero-order chi connectivity index (χ0) is 17.6. The third-order valence-electron chi connectivity index (χ3n) is 4.43. The van der Waals surface area contributed by atoms with Crippen LogP contribution < -0.4 is 5.32 Å². The van der Waals surface area contributed by atoms with Crippen LogP contribution in [0.2, 0.25) is 0 Å². The van der Waals surface area contributed by atoms with Crippen LogP contribution in [0, 0.1) is 5.92 Å². The van der Waals surface area contributed by atoms with Gasteiger partial charge in [-0.3, -0.25) is 9.48 Å². The molecule has 8 nitrogen and oxygen atoms in total. The van der Waals surface area contributed by atoms with Crippen LogP contribution in [0.1, 0.15) is 43.7 Å². The molecule has 0 radical (unpaired) electrons. The highest BCUT2D eigenvalue weighted by molar-refractivity contribution is 7.78. The SMILES string of the molecule is O=C(Nc1ccncn1)[C@H](CC1CCCC1)n1cc(CS(=O)O)cn1. The molecule has 1 unspecified atom stereocenters. The molecule has 1 saturated carbocycles. The fraction of sp³-hybridized carbons (Fsp3) is 0.500. The van der Waals surface area contributed by atoms with Crippen molar-refractivity contribution in [2.45, 2.75) is 43.9 Å². The average molecular weight is 363 g/mol. The average Bonchev–Trinajstić information content (AvgIpc) is 3.24. The first-order valence-electron chi connectivity index (χ1n) is 8.29. The Labute approximate surface area is 148 Å². The van der Waals surface area contributed by atoms with Gasteiger partial charge >= 0.3 is 0 Å². The summed E-state index contributed by atoms with van der Waals surface area (Å²) in [7, 11) is 0. The van der Waals surface area contributed by atoms with Crippen molar-refractivity contribution in [3.63, 3.8) is 0 Å². The predicted octanol–water partition coefficient (Wildman–Crippen LogP) is 2.15. The second kappa shape index (κ2) is 8.30. The van der Waals surface area contributed by atoms with Gasteiger partial charge in [-0.15, -0.1) is 0 Å². The van der Waals surface area contributed by atoms with Gasteiger partial charge in [-0.2, -0.15) is 5.10 Å². The Morgan fingerprint density at radius 3 is 2.92 bits per heavy atom. The summed E-state index contributed by atoms with van der Waals surface area (Å²) in [6, 6.07) is 1.16. The molecule has 1 fully saturated rings. The summed E-state index contributed by atoms with van der Waals surface area (Å²) < 4.78 is 21.6. The quantitative estimate of drug-likeness (QED) is 0.730. The van der Waals surface area contributed by atoms with Crippen LogP contribution in [-0.4, -0.2) is 34.4 Å². The number of hydrogen-bond acceptors (Lipinski definition) is 5. The van der Waals surface area contributed by atoms with Gasteiger partial charge in [0, 0.05) is 18.0 Å². The predicted molar refractivity (Wildman–Crippen MR) is 93.0 cm³/mol. The molecule has 3 rings (SSSR count). The van der Waals surface area contributed by atoms with E-state index in [2.05, 4.69) is 20.4 Å². The van der Waals surface area contributed by atoms with E-state index in [4.69, 9.17) is 4.55 Å². The minimum atomic E-state index is -1.93. The lowest BCUT2D eigenvalue weighted by molar-refractivity contribution is -0.120. The van der Waals surface area contributed by atoms with Crippen LogP contribution in [0.3, 0.4) is 0 Å². The summed E-state index contributed by atoms with van der Waals surface area (Å²) in [6.45, 7) is 0. The number of nitrogens with one attached hydrogen (secondary N) is 1. The smallest absolute Gasteiger partial charge is 0.250 e. The van der Waals surface area contributed by atoms with Crippen LogP contribution in [0.4, 0.5) is 5.82 Å². The summed E-state index contributed by atoms with van der Waals surface area (Å²) in [6.07, 6.45) is 11.5. The molecule has 0 saturated heterocycles. The van der Waals surface area contributed by atoms with Crippen molar-refractivity contribution in [1.82, 2.24) is 19.7 Å². The molecule has 134 valence electrons. The largest absolute Gasteiger partial charge is 0.309 e. The highest BCUT2D eigenvalue weighted by Gasteiger charge is 2.27. The second-order valence-electron chi connectivity index (χ2n) is 6.28. The Bertz CT molecular complexity index is 730. The third kappa shape index (κ3) is 4.93. The van der Waals surface area contributed by atoms with Gasteiger partial charge in [0.25, 0.3) is 0 Å². The van der Waals surface area contributed by atoms with E-state index >= 15 is 0 Å². The maximum Gasteiger partial charge on any atom is 0.250 e. The number of hydrogen-bond donors (Lipinski definition) is 2. The molecule has 0 aliphatic heterocycles. The maximum absolute atomic E-state index is 12.8. The van der Waals surface area contributed by atoms with E-state index in [1.54, 1.807) is 23.1 Å². The van der Waals surface area contributed by atoms with Gasteiger partial charge in [-0.25, -0.2) is 14.2 Å². The molecule has 2 N–H and O–H groups in total. The lowest BCUT2D eigenvalue weighted by atomic mass is 9.98. The van der Waals surface area contributed by atoms with Gasteiger partial charge in [0.05, 0.1) is 11.9 Å². The first-order chi connectivity index (χ1) is 12.1. The Morgan fingerprint density at radius 1 is 1.44 bits per heavy atom. The number of anilines is 1. The minimum Gasteiger partial charge on any atom is -0.309 e. The summed E-state index contributed by atoms with van der Waals surface area (Å²) in [4.78, 5) is 20.7. The van der Waals surface area contributed by atoms with Gasteiger partial charge < -0.3 is 9.87 Å². The van der Waals surface area contributed by atoms with E-state index in [-0.39, 0.29) is 11.7 Å². The number of nitrogens with zero attached hydrogens (tertiary/aromatic N) is 4. The Hall–Kier alpha value is -2.13. The molecular weight excluding hydrogens is 342 g/mol. The van der Waals surface area contributed by atoms with Gasteiger partial charge in [0.2, 0.25) is 5.91 Å². The molecule has 2 atom stereocenters. The van der Waals surface area contributed by atoms with Crippen molar-refractivity contribution in [2.75, 3.05) is 5.32 Å². The van der Waals surface area contributed by atoms with Crippen LogP contribution >= 0.6 is 0 Å². The molecule has 25 heavy (non-hydrogen) atoms. The summed E-state index contributed by atoms with van der Waals surface area (Å²) in [5.74, 6) is 0.746. The van der Waals surface area contributed by atoms with Crippen molar-refractivity contribution >= 4 is 22.8 Å². The molecule has 9 heteroatoms. The van der Waals surface area contributed by atoms with E-state index in [0.717, 1.165) is 12.8 Å². The summed E-state index contributed by atoms with van der Waals surface area (Å²) >= 11 is -1.93. The highest BCUT2D eigenvalue weighted by atomic mass is 32.2. The van der Waals surface area contributed by atoms with Crippen LogP contribution in [0.15, 0.2) is 31.0 Å². The number of carbonyl (C=O) groups excluding carboxylic acids is 1. The van der Waals surface area contributed by atoms with Gasteiger partial charge in [0.1, 0.15) is 18.2 Å². The Morgan fingerprint density at radius 2 is 2.24 bits per heavy atom. The zero-order valence-electron chi connectivity index (χ0n) is 13.7. The van der Waals surface area contributed by atoms with Crippen molar-refractivity contribution < 1.29 is 13.6 Å². The van der Waals surface area contributed by atoms with Crippen LogP contribution in [0.5, 0.6) is 0 Å². The second-order valence-corrected chi connectivity index (χ2v) is 7.21.